The molecule has 0 spiro atoms. The Labute approximate surface area is 116 Å². The van der Waals surface area contributed by atoms with E-state index in [9.17, 15) is 0 Å². The number of rotatable bonds is 5. The lowest BCUT2D eigenvalue weighted by Crippen LogP contribution is -2.43. The Morgan fingerprint density at radius 3 is 2.79 bits per heavy atom. The monoisotopic (exact) mass is 262 g/mol. The molecule has 1 saturated heterocycles. The van der Waals surface area contributed by atoms with Crippen molar-refractivity contribution < 1.29 is 4.74 Å². The average molecular weight is 262 g/mol. The van der Waals surface area contributed by atoms with E-state index in [1.54, 1.807) is 0 Å². The summed E-state index contributed by atoms with van der Waals surface area (Å²) < 4.78 is 5.51. The maximum absolute atomic E-state index is 5.51. The Balaban J connectivity index is 2.04. The largest absolute Gasteiger partial charge is 0.381 e. The van der Waals surface area contributed by atoms with Crippen LogP contribution in [0.4, 0.5) is 5.69 Å². The molecule has 2 rings (SSSR count). The fourth-order valence-corrected chi connectivity index (χ4v) is 2.97. The molecule has 0 radical (unpaired) electrons. The number of hydrogen-bond acceptors (Lipinski definition) is 3. The van der Waals surface area contributed by atoms with Gasteiger partial charge in [0.25, 0.3) is 0 Å². The second kappa shape index (κ2) is 6.40. The van der Waals surface area contributed by atoms with Gasteiger partial charge in [0.15, 0.2) is 0 Å². The quantitative estimate of drug-likeness (QED) is 0.881. The molecule has 1 aromatic rings. The highest BCUT2D eigenvalue weighted by Crippen LogP contribution is 2.23. The van der Waals surface area contributed by atoms with Gasteiger partial charge in [0.2, 0.25) is 0 Å². The molecule has 1 aliphatic rings. The van der Waals surface area contributed by atoms with E-state index in [1.165, 1.54) is 23.2 Å². The van der Waals surface area contributed by atoms with Crippen LogP contribution in [0.3, 0.4) is 0 Å². The second-order valence-electron chi connectivity index (χ2n) is 5.69. The van der Waals surface area contributed by atoms with Crippen molar-refractivity contribution in [2.45, 2.75) is 26.3 Å². The first-order chi connectivity index (χ1) is 9.11. The molecule has 1 aliphatic heterocycles. The van der Waals surface area contributed by atoms with E-state index in [-0.39, 0.29) is 0 Å². The van der Waals surface area contributed by atoms with Crippen molar-refractivity contribution in [3.8, 4) is 0 Å². The van der Waals surface area contributed by atoms with Crippen molar-refractivity contribution in [3.05, 3.63) is 29.3 Å². The number of nitrogens with zero attached hydrogens (tertiary/aromatic N) is 1. The average Bonchev–Trinajstić information content (AvgIpc) is 2.89. The molecule has 0 amide bonds. The zero-order chi connectivity index (χ0) is 13.8. The molecule has 2 unspecified atom stereocenters. The SMILES string of the molecule is CNC(CN(C)c1ccc(C)cc1C)C1CCOC1. The predicted octanol–water partition coefficient (Wildman–Crippen LogP) is 2.36. The van der Waals surface area contributed by atoms with Crippen LogP contribution < -0.4 is 10.2 Å². The van der Waals surface area contributed by atoms with E-state index >= 15 is 0 Å². The van der Waals surface area contributed by atoms with Crippen LogP contribution in [0.25, 0.3) is 0 Å². The van der Waals surface area contributed by atoms with Crippen LogP contribution in [-0.2, 0) is 4.74 Å². The van der Waals surface area contributed by atoms with E-state index in [2.05, 4.69) is 56.4 Å². The third-order valence-corrected chi connectivity index (χ3v) is 4.14. The first-order valence-corrected chi connectivity index (χ1v) is 7.15. The van der Waals surface area contributed by atoms with Gasteiger partial charge in [-0.1, -0.05) is 17.7 Å². The summed E-state index contributed by atoms with van der Waals surface area (Å²) >= 11 is 0. The van der Waals surface area contributed by atoms with Crippen LogP contribution in [0.5, 0.6) is 0 Å². The van der Waals surface area contributed by atoms with Crippen LogP contribution >= 0.6 is 0 Å². The highest BCUT2D eigenvalue weighted by molar-refractivity contribution is 5.53. The molecular formula is C16H26N2O. The Kier molecular flexibility index (Phi) is 4.83. The van der Waals surface area contributed by atoms with Crippen molar-refractivity contribution in [3.63, 3.8) is 0 Å². The Morgan fingerprint density at radius 2 is 2.21 bits per heavy atom. The summed E-state index contributed by atoms with van der Waals surface area (Å²) in [6, 6.07) is 7.15. The van der Waals surface area contributed by atoms with E-state index in [1.807, 2.05) is 0 Å². The highest BCUT2D eigenvalue weighted by Gasteiger charge is 2.25. The third kappa shape index (κ3) is 3.48. The summed E-state index contributed by atoms with van der Waals surface area (Å²) in [5.41, 5.74) is 3.99. The van der Waals surface area contributed by atoms with Crippen molar-refractivity contribution >= 4 is 5.69 Å². The minimum atomic E-state index is 0.494. The van der Waals surface area contributed by atoms with Crippen molar-refractivity contribution in [1.29, 1.82) is 0 Å². The lowest BCUT2D eigenvalue weighted by Gasteiger charge is -2.30. The first-order valence-electron chi connectivity index (χ1n) is 7.15. The maximum atomic E-state index is 5.51. The lowest BCUT2D eigenvalue weighted by atomic mass is 9.98. The van der Waals surface area contributed by atoms with Gasteiger partial charge in [-0.25, -0.2) is 0 Å². The molecule has 3 heteroatoms. The van der Waals surface area contributed by atoms with Gasteiger partial charge in [-0.05, 0) is 38.9 Å². The van der Waals surface area contributed by atoms with E-state index in [0.717, 1.165) is 19.8 Å². The molecule has 1 aromatic carbocycles. The number of anilines is 1. The molecule has 2 atom stereocenters. The van der Waals surface area contributed by atoms with Gasteiger partial charge in [0, 0.05) is 37.8 Å². The molecule has 0 bridgehead atoms. The standard InChI is InChI=1S/C16H26N2O/c1-12-5-6-16(13(2)9-12)18(4)10-15(17-3)14-7-8-19-11-14/h5-6,9,14-15,17H,7-8,10-11H2,1-4H3. The molecule has 0 aromatic heterocycles. The molecule has 3 nitrogen and oxygen atoms in total. The number of benzene rings is 1. The summed E-state index contributed by atoms with van der Waals surface area (Å²) in [5.74, 6) is 0.637. The topological polar surface area (TPSA) is 24.5 Å². The van der Waals surface area contributed by atoms with Gasteiger partial charge in [-0.15, -0.1) is 0 Å². The lowest BCUT2D eigenvalue weighted by molar-refractivity contribution is 0.178. The number of hydrogen-bond donors (Lipinski definition) is 1. The summed E-state index contributed by atoms with van der Waals surface area (Å²) in [7, 11) is 4.23. The van der Waals surface area contributed by atoms with Gasteiger partial charge in [-0.3, -0.25) is 0 Å². The van der Waals surface area contributed by atoms with Crippen molar-refractivity contribution in [1.82, 2.24) is 5.32 Å². The molecule has 1 heterocycles. The molecule has 1 N–H and O–H groups in total. The van der Waals surface area contributed by atoms with Crippen LogP contribution in [-0.4, -0.2) is 39.9 Å². The summed E-state index contributed by atoms with van der Waals surface area (Å²) in [6.45, 7) is 7.16. The fraction of sp³-hybridized carbons (Fsp3) is 0.625. The van der Waals surface area contributed by atoms with Gasteiger partial charge in [-0.2, -0.15) is 0 Å². The van der Waals surface area contributed by atoms with Gasteiger partial charge >= 0.3 is 0 Å². The number of nitrogens with one attached hydrogen (secondary N) is 1. The van der Waals surface area contributed by atoms with Crippen molar-refractivity contribution in [2.75, 3.05) is 38.8 Å². The highest BCUT2D eigenvalue weighted by atomic mass is 16.5. The van der Waals surface area contributed by atoms with Gasteiger partial charge in [0.05, 0.1) is 6.61 Å². The number of likely N-dealkylation sites (N-methyl/N-ethyl adjacent to an activating group) is 2. The Morgan fingerprint density at radius 1 is 1.42 bits per heavy atom. The Bertz CT molecular complexity index is 413. The van der Waals surface area contributed by atoms with Crippen LogP contribution in [0.1, 0.15) is 17.5 Å². The van der Waals surface area contributed by atoms with E-state index in [0.29, 0.717) is 12.0 Å². The van der Waals surface area contributed by atoms with Gasteiger partial charge in [0.1, 0.15) is 0 Å². The van der Waals surface area contributed by atoms with Crippen molar-refractivity contribution in [2.24, 2.45) is 5.92 Å². The molecule has 0 saturated carbocycles. The second-order valence-corrected chi connectivity index (χ2v) is 5.69. The third-order valence-electron chi connectivity index (χ3n) is 4.14. The summed E-state index contributed by atoms with van der Waals surface area (Å²) in [5, 5.41) is 3.45. The predicted molar refractivity (Wildman–Crippen MR) is 81.0 cm³/mol. The minimum Gasteiger partial charge on any atom is -0.381 e. The number of ether oxygens (including phenoxy) is 1. The van der Waals surface area contributed by atoms with Crippen LogP contribution in [0.2, 0.25) is 0 Å². The Hall–Kier alpha value is -1.06. The van der Waals surface area contributed by atoms with E-state index in [4.69, 9.17) is 4.74 Å². The summed E-state index contributed by atoms with van der Waals surface area (Å²) in [6.07, 6.45) is 1.17. The van der Waals surface area contributed by atoms with Crippen LogP contribution in [0.15, 0.2) is 18.2 Å². The zero-order valence-electron chi connectivity index (χ0n) is 12.6. The molecule has 19 heavy (non-hydrogen) atoms. The van der Waals surface area contributed by atoms with Gasteiger partial charge < -0.3 is 15.0 Å². The summed E-state index contributed by atoms with van der Waals surface area (Å²) in [4.78, 5) is 2.36. The van der Waals surface area contributed by atoms with E-state index < -0.39 is 0 Å². The maximum Gasteiger partial charge on any atom is 0.0510 e. The molecule has 0 aliphatic carbocycles. The first kappa shape index (κ1) is 14.4. The zero-order valence-corrected chi connectivity index (χ0v) is 12.6. The smallest absolute Gasteiger partial charge is 0.0510 e. The molecule has 106 valence electrons. The molecule has 1 fully saturated rings. The number of aryl methyl sites for hydroxylation is 2. The minimum absolute atomic E-state index is 0.494. The van der Waals surface area contributed by atoms with Crippen LogP contribution in [0, 0.1) is 19.8 Å². The molecular weight excluding hydrogens is 236 g/mol. The normalized spacial score (nSPS) is 20.5. The fourth-order valence-electron chi connectivity index (χ4n) is 2.97.